The van der Waals surface area contributed by atoms with E-state index in [-0.39, 0.29) is 5.96 Å². The predicted molar refractivity (Wildman–Crippen MR) is 43.8 cm³/mol. The summed E-state index contributed by atoms with van der Waals surface area (Å²) in [5.41, 5.74) is 5.12. The third-order valence-electron chi connectivity index (χ3n) is 1.40. The van der Waals surface area contributed by atoms with Crippen molar-refractivity contribution in [2.75, 3.05) is 6.54 Å². The zero-order chi connectivity index (χ0) is 8.69. The van der Waals surface area contributed by atoms with Crippen molar-refractivity contribution in [3.8, 4) is 6.19 Å². The quantitative estimate of drug-likeness (QED) is 0.207. The predicted octanol–water partition coefficient (Wildman–Crippen LogP) is 0.853. The van der Waals surface area contributed by atoms with Crippen molar-refractivity contribution in [1.82, 2.24) is 4.90 Å². The number of nitriles is 1. The van der Waals surface area contributed by atoms with Gasteiger partial charge in [0.25, 0.3) is 0 Å². The highest BCUT2D eigenvalue weighted by Gasteiger charge is 2.02. The van der Waals surface area contributed by atoms with E-state index in [9.17, 15) is 0 Å². The van der Waals surface area contributed by atoms with Gasteiger partial charge in [-0.1, -0.05) is 19.8 Å². The molecular formula is C7H14N4. The second-order valence-electron chi connectivity index (χ2n) is 2.34. The summed E-state index contributed by atoms with van der Waals surface area (Å²) in [6, 6.07) is 0. The van der Waals surface area contributed by atoms with Gasteiger partial charge >= 0.3 is 0 Å². The number of rotatable bonds is 4. The Morgan fingerprint density at radius 3 is 2.64 bits per heavy atom. The van der Waals surface area contributed by atoms with Crippen LogP contribution in [-0.4, -0.2) is 17.4 Å². The smallest absolute Gasteiger partial charge is 0.201 e. The molecule has 4 nitrogen and oxygen atoms in total. The number of guanidine groups is 1. The Labute approximate surface area is 67.1 Å². The summed E-state index contributed by atoms with van der Waals surface area (Å²) in [7, 11) is 0. The normalized spacial score (nSPS) is 8.73. The van der Waals surface area contributed by atoms with Crippen LogP contribution >= 0.6 is 0 Å². The van der Waals surface area contributed by atoms with Crippen molar-refractivity contribution in [1.29, 1.82) is 10.7 Å². The van der Waals surface area contributed by atoms with Gasteiger partial charge in [0.1, 0.15) is 0 Å². The fourth-order valence-corrected chi connectivity index (χ4v) is 0.744. The van der Waals surface area contributed by atoms with Crippen molar-refractivity contribution >= 4 is 5.96 Å². The van der Waals surface area contributed by atoms with Gasteiger partial charge in [-0.05, 0) is 6.42 Å². The Morgan fingerprint density at radius 1 is 1.64 bits per heavy atom. The van der Waals surface area contributed by atoms with E-state index in [2.05, 4.69) is 6.92 Å². The van der Waals surface area contributed by atoms with Crippen LogP contribution in [0.1, 0.15) is 26.2 Å². The number of hydrogen-bond acceptors (Lipinski definition) is 2. The van der Waals surface area contributed by atoms with Crippen LogP contribution in [-0.2, 0) is 0 Å². The fraction of sp³-hybridized carbons (Fsp3) is 0.714. The van der Waals surface area contributed by atoms with Gasteiger partial charge in [0, 0.05) is 6.54 Å². The lowest BCUT2D eigenvalue weighted by Crippen LogP contribution is -2.32. The number of nitrogens with zero attached hydrogens (tertiary/aromatic N) is 2. The maximum absolute atomic E-state index is 8.45. The van der Waals surface area contributed by atoms with Gasteiger partial charge in [-0.25, -0.2) is 4.90 Å². The molecule has 11 heavy (non-hydrogen) atoms. The van der Waals surface area contributed by atoms with E-state index >= 15 is 0 Å². The molecule has 4 heteroatoms. The number of unbranched alkanes of at least 4 members (excludes halogenated alkanes) is 2. The summed E-state index contributed by atoms with van der Waals surface area (Å²) < 4.78 is 0. The highest BCUT2D eigenvalue weighted by molar-refractivity contribution is 5.76. The fourth-order valence-electron chi connectivity index (χ4n) is 0.744. The highest BCUT2D eigenvalue weighted by atomic mass is 15.2. The minimum absolute atomic E-state index is 0.163. The van der Waals surface area contributed by atoms with Crippen molar-refractivity contribution in [2.45, 2.75) is 26.2 Å². The van der Waals surface area contributed by atoms with Crippen LogP contribution in [0.5, 0.6) is 0 Å². The lowest BCUT2D eigenvalue weighted by Gasteiger charge is -2.11. The first-order valence-corrected chi connectivity index (χ1v) is 3.73. The summed E-state index contributed by atoms with van der Waals surface area (Å²) in [5, 5.41) is 15.4. The summed E-state index contributed by atoms with van der Waals surface area (Å²) in [6.07, 6.45) is 4.95. The van der Waals surface area contributed by atoms with Gasteiger partial charge in [-0.15, -0.1) is 0 Å². The minimum atomic E-state index is -0.163. The second-order valence-corrected chi connectivity index (χ2v) is 2.34. The van der Waals surface area contributed by atoms with Crippen molar-refractivity contribution in [3.05, 3.63) is 0 Å². The van der Waals surface area contributed by atoms with Crippen molar-refractivity contribution in [2.24, 2.45) is 5.73 Å². The number of nitrogens with two attached hydrogens (primary N) is 1. The third-order valence-corrected chi connectivity index (χ3v) is 1.40. The number of hydrogen-bond donors (Lipinski definition) is 2. The van der Waals surface area contributed by atoms with Crippen LogP contribution < -0.4 is 5.73 Å². The molecule has 0 aliphatic carbocycles. The van der Waals surface area contributed by atoms with Gasteiger partial charge in [0.15, 0.2) is 6.19 Å². The van der Waals surface area contributed by atoms with Gasteiger partial charge in [0.05, 0.1) is 0 Å². The molecule has 0 atom stereocenters. The molecule has 0 fully saturated rings. The molecule has 62 valence electrons. The van der Waals surface area contributed by atoms with Crippen LogP contribution in [0.4, 0.5) is 0 Å². The van der Waals surface area contributed by atoms with E-state index in [1.807, 2.05) is 6.19 Å². The lowest BCUT2D eigenvalue weighted by atomic mass is 10.2. The zero-order valence-electron chi connectivity index (χ0n) is 6.80. The standard InChI is InChI=1S/C7H14N4/c1-2-3-4-5-11(6-8)7(9)10/h2-5H2,1H3,(H3,9,10). The summed E-state index contributed by atoms with van der Waals surface area (Å²) in [6.45, 7) is 2.66. The summed E-state index contributed by atoms with van der Waals surface area (Å²) in [5.74, 6) is -0.163. The molecule has 3 N–H and O–H groups in total. The molecule has 0 saturated heterocycles. The molecule has 0 aliphatic rings. The van der Waals surface area contributed by atoms with E-state index in [0.717, 1.165) is 19.3 Å². The van der Waals surface area contributed by atoms with Crippen LogP contribution in [0, 0.1) is 16.9 Å². The van der Waals surface area contributed by atoms with Gasteiger partial charge in [-0.3, -0.25) is 5.41 Å². The Morgan fingerprint density at radius 2 is 2.27 bits per heavy atom. The second kappa shape index (κ2) is 5.54. The zero-order valence-corrected chi connectivity index (χ0v) is 6.80. The first-order chi connectivity index (χ1) is 5.22. The maximum atomic E-state index is 8.45. The van der Waals surface area contributed by atoms with Crippen LogP contribution in [0.2, 0.25) is 0 Å². The van der Waals surface area contributed by atoms with Crippen LogP contribution in [0.15, 0.2) is 0 Å². The molecule has 0 bridgehead atoms. The van der Waals surface area contributed by atoms with E-state index in [4.69, 9.17) is 16.4 Å². The van der Waals surface area contributed by atoms with Gasteiger partial charge in [-0.2, -0.15) is 5.26 Å². The van der Waals surface area contributed by atoms with E-state index in [1.54, 1.807) is 0 Å². The van der Waals surface area contributed by atoms with E-state index < -0.39 is 0 Å². The molecule has 0 radical (unpaired) electrons. The molecule has 0 heterocycles. The summed E-state index contributed by atoms with van der Waals surface area (Å²) >= 11 is 0. The molecule has 0 aliphatic heterocycles. The molecular weight excluding hydrogens is 140 g/mol. The molecule has 0 spiro atoms. The molecule has 0 aromatic heterocycles. The topological polar surface area (TPSA) is 76.9 Å². The maximum Gasteiger partial charge on any atom is 0.201 e. The molecule has 0 saturated carbocycles. The Kier molecular flexibility index (Phi) is 4.91. The van der Waals surface area contributed by atoms with Crippen LogP contribution in [0.3, 0.4) is 0 Å². The summed E-state index contributed by atoms with van der Waals surface area (Å²) in [4.78, 5) is 1.19. The molecule has 0 rings (SSSR count). The lowest BCUT2D eigenvalue weighted by molar-refractivity contribution is 0.522. The average Bonchev–Trinajstić information content (AvgIpc) is 1.97. The Bertz CT molecular complexity index is 158. The molecule has 0 aromatic rings. The van der Waals surface area contributed by atoms with Gasteiger partial charge in [0.2, 0.25) is 5.96 Å². The molecule has 0 amide bonds. The minimum Gasteiger partial charge on any atom is -0.369 e. The first-order valence-electron chi connectivity index (χ1n) is 3.73. The average molecular weight is 154 g/mol. The van der Waals surface area contributed by atoms with E-state index in [0.29, 0.717) is 6.54 Å². The number of nitrogens with one attached hydrogen (secondary N) is 1. The molecule has 0 unspecified atom stereocenters. The third kappa shape index (κ3) is 4.20. The van der Waals surface area contributed by atoms with Gasteiger partial charge < -0.3 is 5.73 Å². The van der Waals surface area contributed by atoms with E-state index in [1.165, 1.54) is 4.90 Å². The first kappa shape index (κ1) is 9.76. The monoisotopic (exact) mass is 154 g/mol. The SMILES string of the molecule is CCCCCN(C#N)C(=N)N. The Balaban J connectivity index is 3.55. The Hall–Kier alpha value is -1.24. The van der Waals surface area contributed by atoms with Crippen LogP contribution in [0.25, 0.3) is 0 Å². The molecule has 0 aromatic carbocycles. The largest absolute Gasteiger partial charge is 0.369 e. The van der Waals surface area contributed by atoms with Crippen molar-refractivity contribution in [3.63, 3.8) is 0 Å². The van der Waals surface area contributed by atoms with Crippen molar-refractivity contribution < 1.29 is 0 Å². The highest BCUT2D eigenvalue weighted by Crippen LogP contribution is 1.95.